The van der Waals surface area contributed by atoms with E-state index in [1.165, 1.54) is 0 Å². The van der Waals surface area contributed by atoms with Gasteiger partial charge in [-0.2, -0.15) is 0 Å². The van der Waals surface area contributed by atoms with Gasteiger partial charge in [-0.3, -0.25) is 14.6 Å². The number of rotatable bonds is 7. The number of aromatic nitrogens is 1. The quantitative estimate of drug-likeness (QED) is 0.763. The molecule has 0 radical (unpaired) electrons. The number of nitrogens with one attached hydrogen (secondary N) is 2. The molecule has 2 rings (SSSR count). The molecule has 2 aromatic rings. The second kappa shape index (κ2) is 8.67. The lowest BCUT2D eigenvalue weighted by Crippen LogP contribution is -2.34. The number of nitrogens with zero attached hydrogens (tertiary/aromatic N) is 1. The summed E-state index contributed by atoms with van der Waals surface area (Å²) in [5.74, 6) is 0.266. The number of benzene rings is 1. The van der Waals surface area contributed by atoms with Gasteiger partial charge in [-0.25, -0.2) is 0 Å². The number of carbonyl (C=O) groups excluding carboxylic acids is 2. The van der Waals surface area contributed by atoms with Crippen molar-refractivity contribution in [1.82, 2.24) is 15.6 Å². The Balaban J connectivity index is 1.74. The van der Waals surface area contributed by atoms with Crippen LogP contribution in [0, 0.1) is 0 Å². The Morgan fingerprint density at radius 2 is 1.67 bits per heavy atom. The van der Waals surface area contributed by atoms with E-state index in [1.54, 1.807) is 48.7 Å². The van der Waals surface area contributed by atoms with E-state index in [0.717, 1.165) is 5.75 Å². The summed E-state index contributed by atoms with van der Waals surface area (Å²) >= 11 is 0. The van der Waals surface area contributed by atoms with Crippen LogP contribution >= 0.6 is 0 Å². The van der Waals surface area contributed by atoms with Crippen molar-refractivity contribution in [2.45, 2.75) is 20.0 Å². The minimum Gasteiger partial charge on any atom is -0.491 e. The second-order valence-electron chi connectivity index (χ2n) is 5.42. The van der Waals surface area contributed by atoms with E-state index >= 15 is 0 Å². The van der Waals surface area contributed by atoms with E-state index in [4.69, 9.17) is 4.74 Å². The third kappa shape index (κ3) is 5.39. The van der Waals surface area contributed by atoms with Gasteiger partial charge in [0.2, 0.25) is 0 Å². The lowest BCUT2D eigenvalue weighted by molar-refractivity contribution is 0.0925. The number of ether oxygens (including phenoxy) is 1. The fraction of sp³-hybridized carbons (Fsp3) is 0.278. The molecule has 6 heteroatoms. The third-order valence-corrected chi connectivity index (χ3v) is 3.08. The average Bonchev–Trinajstić information content (AvgIpc) is 2.59. The average molecular weight is 327 g/mol. The largest absolute Gasteiger partial charge is 0.491 e. The van der Waals surface area contributed by atoms with Crippen LogP contribution in [0.25, 0.3) is 0 Å². The van der Waals surface area contributed by atoms with Crippen molar-refractivity contribution in [3.8, 4) is 5.75 Å². The minimum absolute atomic E-state index is 0.0902. The molecule has 1 aromatic heterocycles. The molecule has 24 heavy (non-hydrogen) atoms. The zero-order chi connectivity index (χ0) is 17.4. The lowest BCUT2D eigenvalue weighted by atomic mass is 10.2. The molecule has 6 nitrogen and oxygen atoms in total. The molecule has 0 aliphatic rings. The van der Waals surface area contributed by atoms with E-state index in [-0.39, 0.29) is 17.9 Å². The SMILES string of the molecule is CC(C)Oc1ccc(C(=O)NCCNC(=O)c2ccccn2)cc1. The number of pyridine rings is 1. The van der Waals surface area contributed by atoms with Gasteiger partial charge < -0.3 is 15.4 Å². The van der Waals surface area contributed by atoms with E-state index in [2.05, 4.69) is 15.6 Å². The number of carbonyl (C=O) groups is 2. The summed E-state index contributed by atoms with van der Waals surface area (Å²) in [4.78, 5) is 27.8. The molecule has 0 aliphatic carbocycles. The van der Waals surface area contributed by atoms with Crippen LogP contribution in [0.1, 0.15) is 34.7 Å². The smallest absolute Gasteiger partial charge is 0.269 e. The molecule has 2 N–H and O–H groups in total. The van der Waals surface area contributed by atoms with E-state index in [9.17, 15) is 9.59 Å². The van der Waals surface area contributed by atoms with Gasteiger partial charge in [0.15, 0.2) is 0 Å². The molecule has 0 aliphatic heterocycles. The van der Waals surface area contributed by atoms with Crippen molar-refractivity contribution >= 4 is 11.8 Å². The molecule has 0 unspecified atom stereocenters. The van der Waals surface area contributed by atoms with Gasteiger partial charge in [0.1, 0.15) is 11.4 Å². The fourth-order valence-electron chi connectivity index (χ4n) is 2.00. The van der Waals surface area contributed by atoms with Crippen LogP contribution in [0.5, 0.6) is 5.75 Å². The van der Waals surface area contributed by atoms with Gasteiger partial charge in [-0.1, -0.05) is 6.07 Å². The standard InChI is InChI=1S/C18H21N3O3/c1-13(2)24-15-8-6-14(7-9-15)17(22)20-11-12-21-18(23)16-5-3-4-10-19-16/h3-10,13H,11-12H2,1-2H3,(H,20,22)(H,21,23). The summed E-state index contributed by atoms with van der Waals surface area (Å²) in [7, 11) is 0. The minimum atomic E-state index is -0.264. The van der Waals surface area contributed by atoms with Crippen LogP contribution in [0.2, 0.25) is 0 Å². The van der Waals surface area contributed by atoms with Crippen molar-refractivity contribution in [3.63, 3.8) is 0 Å². The molecule has 2 amide bonds. The van der Waals surface area contributed by atoms with Crippen LogP contribution in [-0.4, -0.2) is 36.0 Å². The zero-order valence-electron chi connectivity index (χ0n) is 13.8. The highest BCUT2D eigenvalue weighted by molar-refractivity contribution is 5.94. The molecule has 0 saturated carbocycles. The van der Waals surface area contributed by atoms with Crippen molar-refractivity contribution < 1.29 is 14.3 Å². The summed E-state index contributed by atoms with van der Waals surface area (Å²) in [6.07, 6.45) is 1.65. The van der Waals surface area contributed by atoms with Gasteiger partial charge in [0, 0.05) is 24.8 Å². The van der Waals surface area contributed by atoms with Gasteiger partial charge in [-0.05, 0) is 50.2 Å². The molecular formula is C18H21N3O3. The summed E-state index contributed by atoms with van der Waals surface area (Å²) in [6, 6.07) is 12.1. The Bertz CT molecular complexity index is 670. The van der Waals surface area contributed by atoms with Crippen molar-refractivity contribution in [2.24, 2.45) is 0 Å². The first-order chi connectivity index (χ1) is 11.6. The van der Waals surface area contributed by atoms with E-state index in [1.807, 2.05) is 13.8 Å². The summed E-state index contributed by atoms with van der Waals surface area (Å²) in [5.41, 5.74) is 0.895. The first kappa shape index (κ1) is 17.5. The molecule has 0 spiro atoms. The maximum atomic E-state index is 12.0. The Morgan fingerprint density at radius 1 is 1.00 bits per heavy atom. The maximum Gasteiger partial charge on any atom is 0.269 e. The Kier molecular flexibility index (Phi) is 6.31. The van der Waals surface area contributed by atoms with E-state index < -0.39 is 0 Å². The predicted octanol–water partition coefficient (Wildman–Crippen LogP) is 2.03. The molecule has 1 heterocycles. The van der Waals surface area contributed by atoms with Crippen LogP contribution in [-0.2, 0) is 0 Å². The van der Waals surface area contributed by atoms with Crippen molar-refractivity contribution in [2.75, 3.05) is 13.1 Å². The summed E-state index contributed by atoms with van der Waals surface area (Å²) in [5, 5.41) is 5.45. The van der Waals surface area contributed by atoms with Crippen LogP contribution < -0.4 is 15.4 Å². The van der Waals surface area contributed by atoms with Crippen LogP contribution in [0.15, 0.2) is 48.7 Å². The molecule has 0 saturated heterocycles. The monoisotopic (exact) mass is 327 g/mol. The van der Waals surface area contributed by atoms with Crippen LogP contribution in [0.3, 0.4) is 0 Å². The van der Waals surface area contributed by atoms with Crippen molar-refractivity contribution in [3.05, 3.63) is 59.9 Å². The zero-order valence-corrected chi connectivity index (χ0v) is 13.8. The number of hydrogen-bond donors (Lipinski definition) is 2. The van der Waals surface area contributed by atoms with Gasteiger partial charge in [-0.15, -0.1) is 0 Å². The first-order valence-corrected chi connectivity index (χ1v) is 7.80. The first-order valence-electron chi connectivity index (χ1n) is 7.80. The Morgan fingerprint density at radius 3 is 2.25 bits per heavy atom. The van der Waals surface area contributed by atoms with Gasteiger partial charge >= 0.3 is 0 Å². The highest BCUT2D eigenvalue weighted by Crippen LogP contribution is 2.13. The van der Waals surface area contributed by atoms with Gasteiger partial charge in [0.05, 0.1) is 6.10 Å². The second-order valence-corrected chi connectivity index (χ2v) is 5.42. The number of hydrogen-bond acceptors (Lipinski definition) is 4. The Labute approximate surface area is 141 Å². The number of amides is 2. The third-order valence-electron chi connectivity index (χ3n) is 3.08. The molecular weight excluding hydrogens is 306 g/mol. The van der Waals surface area contributed by atoms with E-state index in [0.29, 0.717) is 24.3 Å². The normalized spacial score (nSPS) is 10.3. The highest BCUT2D eigenvalue weighted by Gasteiger charge is 2.07. The summed E-state index contributed by atoms with van der Waals surface area (Å²) < 4.78 is 5.53. The topological polar surface area (TPSA) is 80.3 Å². The van der Waals surface area contributed by atoms with Gasteiger partial charge in [0.25, 0.3) is 11.8 Å². The molecule has 0 atom stereocenters. The highest BCUT2D eigenvalue weighted by atomic mass is 16.5. The fourth-order valence-corrected chi connectivity index (χ4v) is 2.00. The van der Waals surface area contributed by atoms with Crippen molar-refractivity contribution in [1.29, 1.82) is 0 Å². The molecule has 1 aromatic carbocycles. The molecule has 0 fully saturated rings. The maximum absolute atomic E-state index is 12.0. The Hall–Kier alpha value is -2.89. The summed E-state index contributed by atoms with van der Waals surface area (Å²) in [6.45, 7) is 4.55. The predicted molar refractivity (Wildman–Crippen MR) is 91.1 cm³/mol. The molecule has 126 valence electrons. The molecule has 0 bridgehead atoms. The van der Waals surface area contributed by atoms with Crippen LogP contribution in [0.4, 0.5) is 0 Å². The lowest BCUT2D eigenvalue weighted by Gasteiger charge is -2.10.